The number of piperazine rings is 1. The van der Waals surface area contributed by atoms with Crippen LogP contribution >= 0.6 is 0 Å². The molecule has 0 radical (unpaired) electrons. The van der Waals surface area contributed by atoms with Gasteiger partial charge in [0.25, 0.3) is 0 Å². The van der Waals surface area contributed by atoms with E-state index < -0.39 is 0 Å². The fraction of sp³-hybridized carbons (Fsp3) is 0.400. The lowest BCUT2D eigenvalue weighted by atomic mass is 9.87. The van der Waals surface area contributed by atoms with Gasteiger partial charge in [0, 0.05) is 37.8 Å². The van der Waals surface area contributed by atoms with Crippen LogP contribution in [0.2, 0.25) is 0 Å². The molecule has 1 amide bonds. The minimum atomic E-state index is 0.131. The minimum absolute atomic E-state index is 0.131. The molecule has 1 aliphatic carbocycles. The van der Waals surface area contributed by atoms with Gasteiger partial charge in [0.05, 0.1) is 23.6 Å². The van der Waals surface area contributed by atoms with Crippen molar-refractivity contribution in [2.75, 3.05) is 31.1 Å². The molecular weight excluding hydrogens is 386 g/mol. The van der Waals surface area contributed by atoms with Crippen LogP contribution in [0.3, 0.4) is 0 Å². The van der Waals surface area contributed by atoms with Crippen LogP contribution in [0.4, 0.5) is 5.69 Å². The molecule has 0 saturated carbocycles. The van der Waals surface area contributed by atoms with Gasteiger partial charge in [0.15, 0.2) is 0 Å². The first-order chi connectivity index (χ1) is 15.2. The summed E-state index contributed by atoms with van der Waals surface area (Å²) in [5.74, 6) is 0.904. The molecule has 1 atom stereocenters. The molecule has 1 aliphatic heterocycles. The molecule has 1 fully saturated rings. The molecule has 0 bridgehead atoms. The maximum atomic E-state index is 13.0. The first-order valence-electron chi connectivity index (χ1n) is 11.2. The van der Waals surface area contributed by atoms with Gasteiger partial charge in [-0.2, -0.15) is 5.10 Å². The van der Waals surface area contributed by atoms with Crippen LogP contribution in [0, 0.1) is 5.92 Å². The maximum Gasteiger partial charge on any atom is 0.244 e. The number of hydrogen-bond acceptors (Lipinski definition) is 4. The Morgan fingerprint density at radius 1 is 1.13 bits per heavy atom. The fourth-order valence-electron chi connectivity index (χ4n) is 4.61. The van der Waals surface area contributed by atoms with Crippen molar-refractivity contribution in [1.82, 2.24) is 19.7 Å². The summed E-state index contributed by atoms with van der Waals surface area (Å²) in [4.78, 5) is 21.4. The summed E-state index contributed by atoms with van der Waals surface area (Å²) in [5, 5.41) is 5.61. The number of nitrogens with zero attached hydrogens (tertiary/aromatic N) is 5. The second-order valence-electron chi connectivity index (χ2n) is 8.76. The lowest BCUT2D eigenvalue weighted by molar-refractivity contribution is -0.132. The van der Waals surface area contributed by atoms with Crippen LogP contribution in [0.25, 0.3) is 16.5 Å². The van der Waals surface area contributed by atoms with Crippen LogP contribution < -0.4 is 4.90 Å². The van der Waals surface area contributed by atoms with Gasteiger partial charge < -0.3 is 9.80 Å². The number of amides is 1. The number of carbonyl (C=O) groups is 1. The Hall–Kier alpha value is -3.15. The Bertz CT molecular complexity index is 1100. The second kappa shape index (κ2) is 8.53. The van der Waals surface area contributed by atoms with Crippen molar-refractivity contribution < 1.29 is 4.79 Å². The van der Waals surface area contributed by atoms with Crippen molar-refractivity contribution in [3.63, 3.8) is 0 Å². The Labute approximate surface area is 183 Å². The average molecular weight is 416 g/mol. The smallest absolute Gasteiger partial charge is 0.244 e. The van der Waals surface area contributed by atoms with E-state index in [2.05, 4.69) is 52.2 Å². The number of fused-ring (bicyclic) bond motifs is 1. The molecular formula is C25H29N5O. The lowest BCUT2D eigenvalue weighted by Crippen LogP contribution is -2.49. The normalized spacial score (nSPS) is 19.5. The van der Waals surface area contributed by atoms with E-state index in [1.807, 2.05) is 28.0 Å². The highest BCUT2D eigenvalue weighted by atomic mass is 16.2. The molecule has 1 unspecified atom stereocenters. The summed E-state index contributed by atoms with van der Waals surface area (Å²) in [6.07, 6.45) is 11.4. The van der Waals surface area contributed by atoms with E-state index in [4.69, 9.17) is 0 Å². The van der Waals surface area contributed by atoms with E-state index in [0.717, 1.165) is 61.5 Å². The van der Waals surface area contributed by atoms with E-state index in [9.17, 15) is 4.79 Å². The molecule has 5 rings (SSSR count). The predicted octanol–water partition coefficient (Wildman–Crippen LogP) is 3.98. The summed E-state index contributed by atoms with van der Waals surface area (Å²) in [6.45, 7) is 5.71. The van der Waals surface area contributed by atoms with Gasteiger partial charge in [-0.3, -0.25) is 14.5 Å². The van der Waals surface area contributed by atoms with Crippen LogP contribution in [0.1, 0.15) is 31.7 Å². The van der Waals surface area contributed by atoms with Crippen LogP contribution in [-0.2, 0) is 11.3 Å². The molecule has 3 aromatic rings. The van der Waals surface area contributed by atoms with Gasteiger partial charge in [-0.1, -0.05) is 25.1 Å². The Morgan fingerprint density at radius 2 is 2.00 bits per heavy atom. The SMILES string of the molecule is CC1CC=C(c2ccc3cnn(CC(=O)N4CCN(c5cccnc5)CC4)c3c2)CC1. The lowest BCUT2D eigenvalue weighted by Gasteiger charge is -2.36. The molecule has 6 nitrogen and oxygen atoms in total. The number of carbonyl (C=O) groups excluding carboxylic acids is 1. The van der Waals surface area contributed by atoms with Crippen LogP contribution in [0.5, 0.6) is 0 Å². The summed E-state index contributed by atoms with van der Waals surface area (Å²) >= 11 is 0. The molecule has 1 saturated heterocycles. The highest BCUT2D eigenvalue weighted by Gasteiger charge is 2.22. The zero-order valence-electron chi connectivity index (χ0n) is 18.1. The fourth-order valence-corrected chi connectivity index (χ4v) is 4.61. The van der Waals surface area contributed by atoms with Gasteiger partial charge in [-0.05, 0) is 54.5 Å². The van der Waals surface area contributed by atoms with Crippen LogP contribution in [-0.4, -0.2) is 51.8 Å². The second-order valence-corrected chi connectivity index (χ2v) is 8.76. The van der Waals surface area contributed by atoms with Gasteiger partial charge in [-0.15, -0.1) is 0 Å². The van der Waals surface area contributed by atoms with E-state index in [0.29, 0.717) is 0 Å². The highest BCUT2D eigenvalue weighted by Crippen LogP contribution is 2.31. The number of anilines is 1. The standard InChI is InChI=1S/C25H29N5O/c1-19-4-6-20(7-5-19)21-8-9-22-16-27-30(24(22)15-21)18-25(31)29-13-11-28(12-14-29)23-3-2-10-26-17-23/h2-3,6,8-10,15-17,19H,4-5,7,11-14,18H2,1H3. The van der Waals surface area contributed by atoms with Gasteiger partial charge >= 0.3 is 0 Å². The van der Waals surface area contributed by atoms with Crippen molar-refractivity contribution in [2.24, 2.45) is 5.92 Å². The number of aromatic nitrogens is 3. The Kier molecular flexibility index (Phi) is 5.45. The van der Waals surface area contributed by atoms with E-state index in [1.165, 1.54) is 17.6 Å². The van der Waals surface area contributed by atoms with E-state index in [1.54, 1.807) is 6.20 Å². The number of rotatable bonds is 4. The molecule has 0 spiro atoms. The van der Waals surface area contributed by atoms with E-state index >= 15 is 0 Å². The molecule has 160 valence electrons. The zero-order chi connectivity index (χ0) is 21.2. The van der Waals surface area contributed by atoms with Crippen molar-refractivity contribution in [1.29, 1.82) is 0 Å². The molecule has 6 heteroatoms. The third-order valence-corrected chi connectivity index (χ3v) is 6.62. The molecule has 0 N–H and O–H groups in total. The monoisotopic (exact) mass is 415 g/mol. The first kappa shape index (κ1) is 19.8. The van der Waals surface area contributed by atoms with Crippen molar-refractivity contribution >= 4 is 28.1 Å². The number of pyridine rings is 1. The first-order valence-corrected chi connectivity index (χ1v) is 11.2. The summed E-state index contributed by atoms with van der Waals surface area (Å²) in [7, 11) is 0. The summed E-state index contributed by atoms with van der Waals surface area (Å²) < 4.78 is 1.86. The predicted molar refractivity (Wildman–Crippen MR) is 124 cm³/mol. The van der Waals surface area contributed by atoms with Gasteiger partial charge in [0.2, 0.25) is 5.91 Å². The quantitative estimate of drug-likeness (QED) is 0.647. The molecule has 2 aliphatic rings. The number of benzene rings is 1. The number of allylic oxidation sites excluding steroid dienone is 2. The van der Waals surface area contributed by atoms with Crippen molar-refractivity contribution in [3.05, 3.63) is 60.6 Å². The number of hydrogen-bond donors (Lipinski definition) is 0. The molecule has 2 aromatic heterocycles. The third-order valence-electron chi connectivity index (χ3n) is 6.62. The maximum absolute atomic E-state index is 13.0. The molecule has 1 aromatic carbocycles. The van der Waals surface area contributed by atoms with Crippen molar-refractivity contribution in [2.45, 2.75) is 32.7 Å². The van der Waals surface area contributed by atoms with Crippen LogP contribution in [0.15, 0.2) is 55.0 Å². The summed E-state index contributed by atoms with van der Waals surface area (Å²) in [5.41, 5.74) is 4.84. The topological polar surface area (TPSA) is 54.3 Å². The Morgan fingerprint density at radius 3 is 2.74 bits per heavy atom. The average Bonchev–Trinajstić information content (AvgIpc) is 3.22. The van der Waals surface area contributed by atoms with E-state index in [-0.39, 0.29) is 12.5 Å². The Balaban J connectivity index is 1.27. The minimum Gasteiger partial charge on any atom is -0.367 e. The highest BCUT2D eigenvalue weighted by molar-refractivity contribution is 5.85. The van der Waals surface area contributed by atoms with Crippen molar-refractivity contribution in [3.8, 4) is 0 Å². The third kappa shape index (κ3) is 4.20. The largest absolute Gasteiger partial charge is 0.367 e. The molecule has 3 heterocycles. The van der Waals surface area contributed by atoms with Gasteiger partial charge in [-0.25, -0.2) is 0 Å². The summed E-state index contributed by atoms with van der Waals surface area (Å²) in [6, 6.07) is 10.5. The molecule has 31 heavy (non-hydrogen) atoms. The van der Waals surface area contributed by atoms with Gasteiger partial charge in [0.1, 0.15) is 6.54 Å². The zero-order valence-corrected chi connectivity index (χ0v) is 18.1.